The van der Waals surface area contributed by atoms with Crippen molar-refractivity contribution in [1.29, 1.82) is 0 Å². The van der Waals surface area contributed by atoms with E-state index in [9.17, 15) is 0 Å². The second-order valence-corrected chi connectivity index (χ2v) is 0. The Hall–Kier alpha value is 1.32. The van der Waals surface area contributed by atoms with Gasteiger partial charge >= 0.3 is 19.8 Å². The van der Waals surface area contributed by atoms with E-state index in [2.05, 4.69) is 15.9 Å². The third-order valence-corrected chi connectivity index (χ3v) is 0. The van der Waals surface area contributed by atoms with Crippen molar-refractivity contribution in [2.75, 3.05) is 0 Å². The second-order valence-electron chi connectivity index (χ2n) is 0. The van der Waals surface area contributed by atoms with Gasteiger partial charge in [-0.25, -0.2) is 0 Å². The molecule has 0 unspecified atom stereocenters. The van der Waals surface area contributed by atoms with Gasteiger partial charge in [0.25, 0.3) is 0 Å². The summed E-state index contributed by atoms with van der Waals surface area (Å²) in [7, 11) is 0. The van der Waals surface area contributed by atoms with Crippen LogP contribution in [0.5, 0.6) is 0 Å². The van der Waals surface area contributed by atoms with E-state index in [1.807, 2.05) is 0 Å². The average Bonchev–Trinajstić information content (AvgIpc) is 1.00. The molecule has 2 radical (unpaired) electrons. The molecule has 0 amide bonds. The third kappa shape index (κ3) is 33.7. The summed E-state index contributed by atoms with van der Waals surface area (Å²) in [6.45, 7) is 0. The van der Waals surface area contributed by atoms with Gasteiger partial charge in [-0.2, -0.15) is 0 Å². The van der Waals surface area contributed by atoms with Crippen LogP contribution in [-0.4, -0.2) is 5.48 Å². The van der Waals surface area contributed by atoms with Crippen LogP contribution in [0, 0.1) is 0 Å². The van der Waals surface area contributed by atoms with Crippen molar-refractivity contribution in [2.24, 2.45) is 0 Å². The van der Waals surface area contributed by atoms with Gasteiger partial charge in [0.15, 0.2) is 0 Å². The number of rotatable bonds is 0. The van der Waals surface area contributed by atoms with Gasteiger partial charge in [0.1, 0.15) is 0 Å². The molecule has 5 heavy (non-hydrogen) atoms. The average molecular weight is 225 g/mol. The fourth-order valence-corrected chi connectivity index (χ4v) is 0. The zero-order chi connectivity index (χ0) is 2.00. The van der Waals surface area contributed by atoms with Crippen LogP contribution in [0.2, 0.25) is 0 Å². The molecule has 0 rings (SSSR count). The summed E-state index contributed by atoms with van der Waals surface area (Å²) in [5, 5.41) is 0. The third-order valence-electron chi connectivity index (χ3n) is 0. The van der Waals surface area contributed by atoms with E-state index in [-0.39, 0.29) is 39.6 Å². The first kappa shape index (κ1) is 33.2. The molecule has 0 aliphatic heterocycles. The first-order valence-electron chi connectivity index (χ1n) is 0.123. The molecule has 0 aromatic heterocycles. The topological polar surface area (TPSA) is 48.6 Å². The summed E-state index contributed by atoms with van der Waals surface area (Å²) in [6.07, 6.45) is 0. The molecule has 0 spiro atoms. The Bertz CT molecular complexity index is 4.85. The van der Waals surface area contributed by atoms with Crippen LogP contribution in [0.25, 0.3) is 0 Å². The van der Waals surface area contributed by atoms with E-state index >= 15 is 0 Å². The molecule has 0 aliphatic rings. The van der Waals surface area contributed by atoms with E-state index in [1.54, 1.807) is 0 Å². The van der Waals surface area contributed by atoms with E-state index in [0.29, 0.717) is 0 Å². The molecule has 0 saturated carbocycles. The van der Waals surface area contributed by atoms with Crippen LogP contribution in [0.3, 0.4) is 0 Å². The molecule has 0 fully saturated rings. The van der Waals surface area contributed by atoms with Gasteiger partial charge in [0.2, 0.25) is 0 Å². The van der Waals surface area contributed by atoms with Crippen molar-refractivity contribution >= 4 is 0 Å². The standard InChI is InChI=1S/3Cu.H2O.O/h;;;1H2;. The van der Waals surface area contributed by atoms with E-state index in [4.69, 9.17) is 3.83 Å². The minimum atomic E-state index is 0. The quantitative estimate of drug-likeness (QED) is 0.490. The molecular weight excluding hydrogens is 223 g/mol. The van der Waals surface area contributed by atoms with Gasteiger partial charge in [-0.1, -0.05) is 0 Å². The van der Waals surface area contributed by atoms with Crippen LogP contribution >= 0.6 is 0 Å². The maximum atomic E-state index is 7.81. The van der Waals surface area contributed by atoms with Crippen LogP contribution < -0.4 is 0 Å². The SMILES string of the molecule is O.[Cu].[Cu].[O]=[Cu]. The Kier molecular flexibility index (Phi) is 379. The molecule has 5 heteroatoms. The zero-order valence-electron chi connectivity index (χ0n) is 1.81. The molecule has 0 aromatic carbocycles. The Labute approximate surface area is 59.4 Å². The molecule has 0 aromatic rings. The summed E-state index contributed by atoms with van der Waals surface area (Å²) in [6, 6.07) is 0. The normalized spacial score (nSPS) is 1.20. The molecular formula is H2Cu3O2. The molecule has 0 atom stereocenters. The number of hydrogen-bond donors (Lipinski definition) is 0. The van der Waals surface area contributed by atoms with Crippen molar-refractivity contribution in [2.45, 2.75) is 0 Å². The van der Waals surface area contributed by atoms with Crippen molar-refractivity contribution in [3.8, 4) is 0 Å². The first-order valence-corrected chi connectivity index (χ1v) is 0.508. The summed E-state index contributed by atoms with van der Waals surface area (Å²) < 4.78 is 7.81. The van der Waals surface area contributed by atoms with Gasteiger partial charge in [-0.3, -0.25) is 0 Å². The second kappa shape index (κ2) is 57.1. The van der Waals surface area contributed by atoms with Gasteiger partial charge in [0.05, 0.1) is 0 Å². The predicted molar refractivity (Wildman–Crippen MR) is 4.30 cm³/mol. The van der Waals surface area contributed by atoms with Gasteiger partial charge < -0.3 is 5.48 Å². The summed E-state index contributed by atoms with van der Waals surface area (Å²) in [5.74, 6) is 0. The minimum absolute atomic E-state index is 0. The summed E-state index contributed by atoms with van der Waals surface area (Å²) >= 11 is 2.94. The van der Waals surface area contributed by atoms with Gasteiger partial charge in [-0.15, -0.1) is 0 Å². The van der Waals surface area contributed by atoms with Crippen LogP contribution in [0.15, 0.2) is 0 Å². The van der Waals surface area contributed by atoms with Crippen LogP contribution in [-0.2, 0) is 53.9 Å². The van der Waals surface area contributed by atoms with Gasteiger partial charge in [0, 0.05) is 34.1 Å². The van der Waals surface area contributed by atoms with Crippen LogP contribution in [0.1, 0.15) is 0 Å². The number of hydrogen-bond acceptors (Lipinski definition) is 1. The van der Waals surface area contributed by atoms with Crippen LogP contribution in [0.4, 0.5) is 0 Å². The fourth-order valence-electron chi connectivity index (χ4n) is 0. The first-order chi connectivity index (χ1) is 1.00. The molecule has 0 saturated heterocycles. The summed E-state index contributed by atoms with van der Waals surface area (Å²) in [5.41, 5.74) is 0. The Morgan fingerprint density at radius 3 is 1.00 bits per heavy atom. The molecule has 0 bridgehead atoms. The van der Waals surface area contributed by atoms with Crippen molar-refractivity contribution < 1.29 is 59.4 Å². The Balaban J connectivity index is -0.00000000167. The van der Waals surface area contributed by atoms with Crippen molar-refractivity contribution in [1.82, 2.24) is 0 Å². The van der Waals surface area contributed by atoms with E-state index in [1.165, 1.54) is 0 Å². The molecule has 2 N–H and O–H groups in total. The Morgan fingerprint density at radius 2 is 1.00 bits per heavy atom. The molecule has 0 aliphatic carbocycles. The van der Waals surface area contributed by atoms with Crippen molar-refractivity contribution in [3.05, 3.63) is 0 Å². The maximum absolute atomic E-state index is 7.81. The van der Waals surface area contributed by atoms with Crippen molar-refractivity contribution in [3.63, 3.8) is 0 Å². The fraction of sp³-hybridized carbons (Fsp3) is 0. The molecule has 0 heterocycles. The predicted octanol–water partition coefficient (Wildman–Crippen LogP) is -0.951. The monoisotopic (exact) mass is 223 g/mol. The molecule has 47 valence electrons. The van der Waals surface area contributed by atoms with E-state index < -0.39 is 0 Å². The Morgan fingerprint density at radius 1 is 1.00 bits per heavy atom. The summed E-state index contributed by atoms with van der Waals surface area (Å²) in [4.78, 5) is 0. The zero-order valence-corrected chi connectivity index (χ0v) is 4.64. The van der Waals surface area contributed by atoms with E-state index in [0.717, 1.165) is 0 Å². The molecule has 2 nitrogen and oxygen atoms in total. The van der Waals surface area contributed by atoms with Gasteiger partial charge in [-0.05, 0) is 0 Å².